The van der Waals surface area contributed by atoms with E-state index in [9.17, 15) is 4.79 Å². The van der Waals surface area contributed by atoms with Crippen molar-refractivity contribution in [2.24, 2.45) is 5.92 Å². The predicted octanol–water partition coefficient (Wildman–Crippen LogP) is 3.95. The van der Waals surface area contributed by atoms with E-state index in [1.165, 1.54) is 18.3 Å². The van der Waals surface area contributed by atoms with Gasteiger partial charge in [-0.3, -0.25) is 9.69 Å². The van der Waals surface area contributed by atoms with Gasteiger partial charge in [0, 0.05) is 49.1 Å². The number of carbonyl (C=O) groups excluding carboxylic acids is 1. The molecule has 6 rings (SSSR count). The number of carbonyl (C=O) groups is 1. The number of hydrogen-bond acceptors (Lipinski definition) is 7. The Morgan fingerprint density at radius 3 is 2.69 bits per heavy atom. The number of piperazine rings is 1. The normalized spacial score (nSPS) is 17.3. The van der Waals surface area contributed by atoms with Gasteiger partial charge in [0.25, 0.3) is 0 Å². The van der Waals surface area contributed by atoms with E-state index in [4.69, 9.17) is 10.5 Å². The van der Waals surface area contributed by atoms with Gasteiger partial charge in [-0.15, -0.1) is 11.3 Å². The molecule has 1 saturated carbocycles. The summed E-state index contributed by atoms with van der Waals surface area (Å²) in [5.41, 5.74) is 10.5. The monoisotopic (exact) mass is 490 g/mol. The second-order valence-corrected chi connectivity index (χ2v) is 10.7. The van der Waals surface area contributed by atoms with Gasteiger partial charge in [0.2, 0.25) is 5.91 Å². The number of nitrogens with two attached hydrogens (primary N) is 1. The zero-order valence-electron chi connectivity index (χ0n) is 20.2. The number of nitrogen functional groups attached to an aromatic ring is 1. The number of aromatic nitrogens is 3. The largest absolute Gasteiger partial charge is 0.495 e. The molecule has 2 N–H and O–H groups in total. The Hall–Kier alpha value is -3.17. The number of rotatable bonds is 5. The number of anilines is 1. The fourth-order valence-corrected chi connectivity index (χ4v) is 6.40. The molecule has 3 aromatic heterocycles. The lowest BCUT2D eigenvalue weighted by atomic mass is 9.84. The third-order valence-electron chi connectivity index (χ3n) is 7.39. The van der Waals surface area contributed by atoms with E-state index in [1.807, 2.05) is 4.52 Å². The maximum atomic E-state index is 12.6. The number of aryl methyl sites for hydroxylation is 1. The summed E-state index contributed by atoms with van der Waals surface area (Å²) >= 11 is 1.70. The standard InChI is InChI=1S/C26H30N6O2S/c1-16-10-18-12-22(35-24(18)21(11-16)34-2)20-13-19(32-23(20)25(27)28-15-29-32)14-30-6-8-31(9-7-30)26(33)17-4-3-5-17/h10-13,15,17H,3-9,14H2,1-2H3,(H2,27,28,29). The first-order chi connectivity index (χ1) is 17.0. The molecule has 9 heteroatoms. The molecule has 1 aliphatic carbocycles. The van der Waals surface area contributed by atoms with Crippen LogP contribution in [0.2, 0.25) is 0 Å². The smallest absolute Gasteiger partial charge is 0.225 e. The Morgan fingerprint density at radius 1 is 1.17 bits per heavy atom. The molecule has 1 aliphatic heterocycles. The van der Waals surface area contributed by atoms with Gasteiger partial charge in [-0.2, -0.15) is 5.10 Å². The summed E-state index contributed by atoms with van der Waals surface area (Å²) in [4.78, 5) is 22.5. The Morgan fingerprint density at radius 2 is 1.97 bits per heavy atom. The number of methoxy groups -OCH3 is 1. The first-order valence-corrected chi connectivity index (χ1v) is 13.0. The van der Waals surface area contributed by atoms with Crippen LogP contribution < -0.4 is 10.5 Å². The molecule has 0 atom stereocenters. The molecule has 0 bridgehead atoms. The molecule has 2 fully saturated rings. The molecule has 1 saturated heterocycles. The van der Waals surface area contributed by atoms with Crippen molar-refractivity contribution in [2.75, 3.05) is 39.0 Å². The van der Waals surface area contributed by atoms with Gasteiger partial charge >= 0.3 is 0 Å². The van der Waals surface area contributed by atoms with Crippen LogP contribution >= 0.6 is 11.3 Å². The number of benzene rings is 1. The summed E-state index contributed by atoms with van der Waals surface area (Å²) in [5.74, 6) is 1.97. The highest BCUT2D eigenvalue weighted by molar-refractivity contribution is 7.22. The van der Waals surface area contributed by atoms with Crippen molar-refractivity contribution in [1.82, 2.24) is 24.4 Å². The molecule has 4 aromatic rings. The van der Waals surface area contributed by atoms with Crippen molar-refractivity contribution in [3.05, 3.63) is 41.9 Å². The van der Waals surface area contributed by atoms with Gasteiger partial charge in [-0.1, -0.05) is 12.5 Å². The van der Waals surface area contributed by atoms with Crippen LogP contribution in [0.15, 0.2) is 30.6 Å². The lowest BCUT2D eigenvalue weighted by molar-refractivity contribution is -0.140. The SMILES string of the molecule is COc1cc(C)cc2cc(-c3cc(CN4CCN(C(=O)C5CCC5)CC4)n4ncnc(N)c34)sc12. The molecule has 1 amide bonds. The second kappa shape index (κ2) is 8.80. The quantitative estimate of drug-likeness (QED) is 0.456. The summed E-state index contributed by atoms with van der Waals surface area (Å²) in [6.45, 7) is 6.13. The van der Waals surface area contributed by atoms with Crippen LogP contribution in [-0.2, 0) is 11.3 Å². The molecule has 8 nitrogen and oxygen atoms in total. The van der Waals surface area contributed by atoms with Crippen molar-refractivity contribution >= 4 is 38.7 Å². The van der Waals surface area contributed by atoms with Crippen LogP contribution in [0.5, 0.6) is 5.75 Å². The van der Waals surface area contributed by atoms with E-state index in [0.29, 0.717) is 11.7 Å². The highest BCUT2D eigenvalue weighted by Gasteiger charge is 2.31. The van der Waals surface area contributed by atoms with Crippen molar-refractivity contribution in [1.29, 1.82) is 0 Å². The van der Waals surface area contributed by atoms with Gasteiger partial charge in [-0.25, -0.2) is 9.50 Å². The number of nitrogens with zero attached hydrogens (tertiary/aromatic N) is 5. The van der Waals surface area contributed by atoms with Crippen molar-refractivity contribution in [3.63, 3.8) is 0 Å². The van der Waals surface area contributed by atoms with Crippen molar-refractivity contribution in [3.8, 4) is 16.2 Å². The minimum absolute atomic E-state index is 0.266. The number of thiophene rings is 1. The lowest BCUT2D eigenvalue weighted by Gasteiger charge is -2.38. The lowest BCUT2D eigenvalue weighted by Crippen LogP contribution is -2.50. The molecule has 0 radical (unpaired) electrons. The number of fused-ring (bicyclic) bond motifs is 2. The van der Waals surface area contributed by atoms with Crippen LogP contribution in [0.4, 0.5) is 5.82 Å². The average Bonchev–Trinajstić information content (AvgIpc) is 3.40. The van der Waals surface area contributed by atoms with Crippen LogP contribution in [-0.4, -0.2) is 63.6 Å². The predicted molar refractivity (Wildman–Crippen MR) is 139 cm³/mol. The third-order valence-corrected chi connectivity index (χ3v) is 8.59. The molecule has 35 heavy (non-hydrogen) atoms. The Kier molecular flexibility index (Phi) is 5.61. The van der Waals surface area contributed by atoms with Gasteiger partial charge in [0.15, 0.2) is 5.82 Å². The molecule has 2 aliphatic rings. The minimum Gasteiger partial charge on any atom is -0.495 e. The molecule has 1 aromatic carbocycles. The zero-order chi connectivity index (χ0) is 24.1. The Labute approximate surface area is 208 Å². The highest BCUT2D eigenvalue weighted by Crippen LogP contribution is 2.42. The molecule has 4 heterocycles. The Balaban J connectivity index is 1.30. The average molecular weight is 491 g/mol. The fraction of sp³-hybridized carbons (Fsp3) is 0.423. The van der Waals surface area contributed by atoms with Gasteiger partial charge < -0.3 is 15.4 Å². The maximum absolute atomic E-state index is 12.6. The Bertz CT molecular complexity index is 1410. The first kappa shape index (κ1) is 22.3. The van der Waals surface area contributed by atoms with Crippen LogP contribution in [0.1, 0.15) is 30.5 Å². The van der Waals surface area contributed by atoms with Gasteiger partial charge in [-0.05, 0) is 48.9 Å². The molecule has 0 spiro atoms. The maximum Gasteiger partial charge on any atom is 0.225 e. The summed E-state index contributed by atoms with van der Waals surface area (Å²) < 4.78 is 8.70. The first-order valence-electron chi connectivity index (χ1n) is 12.2. The summed E-state index contributed by atoms with van der Waals surface area (Å²) in [7, 11) is 1.71. The van der Waals surface area contributed by atoms with E-state index < -0.39 is 0 Å². The zero-order valence-corrected chi connectivity index (χ0v) is 21.0. The van der Waals surface area contributed by atoms with Crippen molar-refractivity contribution in [2.45, 2.75) is 32.7 Å². The van der Waals surface area contributed by atoms with Crippen LogP contribution in [0, 0.1) is 12.8 Å². The van der Waals surface area contributed by atoms with E-state index in [0.717, 1.165) is 83.1 Å². The molecular weight excluding hydrogens is 460 g/mol. The second-order valence-electron chi connectivity index (χ2n) is 9.68. The number of amides is 1. The molecule has 0 unspecified atom stereocenters. The van der Waals surface area contributed by atoms with E-state index in [1.54, 1.807) is 18.4 Å². The van der Waals surface area contributed by atoms with Crippen LogP contribution in [0.3, 0.4) is 0 Å². The molecular formula is C26H30N6O2S. The van der Waals surface area contributed by atoms with E-state index in [-0.39, 0.29) is 5.92 Å². The third kappa shape index (κ3) is 3.92. The summed E-state index contributed by atoms with van der Waals surface area (Å²) in [5, 5.41) is 5.71. The number of hydrogen-bond donors (Lipinski definition) is 1. The topological polar surface area (TPSA) is 89.0 Å². The summed E-state index contributed by atoms with van der Waals surface area (Å²) in [6, 6.07) is 8.64. The van der Waals surface area contributed by atoms with Gasteiger partial charge in [0.05, 0.1) is 17.5 Å². The fourth-order valence-electron chi connectivity index (χ4n) is 5.25. The highest BCUT2D eigenvalue weighted by atomic mass is 32.1. The van der Waals surface area contributed by atoms with E-state index in [2.05, 4.69) is 51.1 Å². The van der Waals surface area contributed by atoms with Crippen LogP contribution in [0.25, 0.3) is 26.0 Å². The molecule has 182 valence electrons. The van der Waals surface area contributed by atoms with E-state index >= 15 is 0 Å². The van der Waals surface area contributed by atoms with Crippen molar-refractivity contribution < 1.29 is 9.53 Å². The summed E-state index contributed by atoms with van der Waals surface area (Å²) in [6.07, 6.45) is 4.82. The van der Waals surface area contributed by atoms with Gasteiger partial charge in [0.1, 0.15) is 17.6 Å². The number of ether oxygens (including phenoxy) is 1. The minimum atomic E-state index is 0.266.